The molecule has 0 amide bonds. The number of carbonyl (C=O) groups excluding carboxylic acids is 1. The summed E-state index contributed by atoms with van der Waals surface area (Å²) in [6, 6.07) is 7.89. The van der Waals surface area contributed by atoms with Crippen LogP contribution in [0.5, 0.6) is 0 Å². The minimum atomic E-state index is -0.344. The van der Waals surface area contributed by atoms with Crippen molar-refractivity contribution in [2.75, 3.05) is 24.3 Å². The summed E-state index contributed by atoms with van der Waals surface area (Å²) in [5.74, 6) is 1.31. The lowest BCUT2D eigenvalue weighted by atomic mass is 10.1. The maximum absolute atomic E-state index is 12.2. The fourth-order valence-corrected chi connectivity index (χ4v) is 3.86. The molecule has 2 heterocycles. The molecular formula is C17H19N3O2. The highest BCUT2D eigenvalue weighted by Gasteiger charge is 2.38. The highest BCUT2D eigenvalue weighted by molar-refractivity contribution is 6.05. The van der Waals surface area contributed by atoms with Gasteiger partial charge in [0.25, 0.3) is 0 Å². The zero-order chi connectivity index (χ0) is 15.3. The molecule has 2 fully saturated rings. The molecule has 2 bridgehead atoms. The third kappa shape index (κ3) is 2.00. The van der Waals surface area contributed by atoms with E-state index >= 15 is 0 Å². The summed E-state index contributed by atoms with van der Waals surface area (Å²) in [4.78, 5) is 19.3. The van der Waals surface area contributed by atoms with Crippen molar-refractivity contribution in [1.29, 1.82) is 0 Å². The summed E-state index contributed by atoms with van der Waals surface area (Å²) in [6.07, 6.45) is 3.78. The lowest BCUT2D eigenvalue weighted by Crippen LogP contribution is -2.32. The topological polar surface area (TPSA) is 68.5 Å². The molecule has 1 saturated carbocycles. The van der Waals surface area contributed by atoms with Crippen LogP contribution in [0.25, 0.3) is 10.9 Å². The minimum Gasteiger partial charge on any atom is -0.465 e. The second-order valence-electron chi connectivity index (χ2n) is 6.28. The molecule has 2 unspecified atom stereocenters. The number of benzene rings is 1. The van der Waals surface area contributed by atoms with Gasteiger partial charge in [-0.25, -0.2) is 9.78 Å². The number of nitrogens with zero attached hydrogens (tertiary/aromatic N) is 2. The van der Waals surface area contributed by atoms with Gasteiger partial charge < -0.3 is 15.4 Å². The predicted molar refractivity (Wildman–Crippen MR) is 86.0 cm³/mol. The van der Waals surface area contributed by atoms with Gasteiger partial charge in [-0.1, -0.05) is 0 Å². The van der Waals surface area contributed by atoms with Gasteiger partial charge in [-0.3, -0.25) is 0 Å². The molecule has 1 aromatic heterocycles. The molecule has 4 rings (SSSR count). The second-order valence-corrected chi connectivity index (χ2v) is 6.28. The van der Waals surface area contributed by atoms with Crippen LogP contribution in [0.15, 0.2) is 24.3 Å². The molecule has 5 heteroatoms. The number of rotatable bonds is 2. The number of nitrogens with two attached hydrogens (primary N) is 1. The number of esters is 1. The molecule has 1 aliphatic heterocycles. The molecule has 2 aromatic rings. The normalized spacial score (nSPS) is 23.2. The summed E-state index contributed by atoms with van der Waals surface area (Å²) in [6.45, 7) is 1.04. The zero-order valence-electron chi connectivity index (χ0n) is 12.6. The fourth-order valence-electron chi connectivity index (χ4n) is 3.86. The number of carbonyl (C=O) groups is 1. The van der Waals surface area contributed by atoms with Crippen LogP contribution in [0.1, 0.15) is 29.6 Å². The third-order valence-electron chi connectivity index (χ3n) is 4.93. The lowest BCUT2D eigenvalue weighted by molar-refractivity contribution is 0.0603. The average molecular weight is 297 g/mol. The van der Waals surface area contributed by atoms with E-state index in [0.717, 1.165) is 29.2 Å². The van der Waals surface area contributed by atoms with Crippen LogP contribution in [-0.2, 0) is 4.74 Å². The largest absolute Gasteiger partial charge is 0.465 e. The van der Waals surface area contributed by atoms with E-state index in [1.54, 1.807) is 6.07 Å². The SMILES string of the molecule is COC(=O)c1cc(N2CC3CCC2C3)nc2ccc(N)cc12. The number of anilines is 2. The van der Waals surface area contributed by atoms with Crippen LogP contribution in [0.4, 0.5) is 11.5 Å². The molecular weight excluding hydrogens is 278 g/mol. The Bertz CT molecular complexity index is 759. The van der Waals surface area contributed by atoms with Crippen molar-refractivity contribution in [2.45, 2.75) is 25.3 Å². The summed E-state index contributed by atoms with van der Waals surface area (Å²) >= 11 is 0. The van der Waals surface area contributed by atoms with Crippen molar-refractivity contribution < 1.29 is 9.53 Å². The van der Waals surface area contributed by atoms with Crippen LogP contribution >= 0.6 is 0 Å². The van der Waals surface area contributed by atoms with Crippen LogP contribution in [0.3, 0.4) is 0 Å². The Balaban J connectivity index is 1.86. The Morgan fingerprint density at radius 1 is 1.36 bits per heavy atom. The van der Waals surface area contributed by atoms with Gasteiger partial charge >= 0.3 is 5.97 Å². The average Bonchev–Trinajstić information content (AvgIpc) is 3.16. The number of hydrogen-bond donors (Lipinski definition) is 1. The summed E-state index contributed by atoms with van der Waals surface area (Å²) in [5.41, 5.74) is 7.80. The van der Waals surface area contributed by atoms with Gasteiger partial charge in [-0.05, 0) is 49.4 Å². The van der Waals surface area contributed by atoms with Gasteiger partial charge in [0.1, 0.15) is 5.82 Å². The molecule has 2 aliphatic rings. The predicted octanol–water partition coefficient (Wildman–Crippen LogP) is 2.59. The maximum Gasteiger partial charge on any atom is 0.338 e. The van der Waals surface area contributed by atoms with Crippen LogP contribution in [0, 0.1) is 5.92 Å². The molecule has 0 spiro atoms. The Labute approximate surface area is 129 Å². The summed E-state index contributed by atoms with van der Waals surface area (Å²) in [5, 5.41) is 0.750. The number of aromatic nitrogens is 1. The number of hydrogen-bond acceptors (Lipinski definition) is 5. The van der Waals surface area contributed by atoms with Gasteiger partial charge in [-0.2, -0.15) is 0 Å². The van der Waals surface area contributed by atoms with Crippen molar-refractivity contribution >= 4 is 28.4 Å². The Kier molecular flexibility index (Phi) is 2.96. The monoisotopic (exact) mass is 297 g/mol. The Morgan fingerprint density at radius 3 is 2.91 bits per heavy atom. The van der Waals surface area contributed by atoms with E-state index in [0.29, 0.717) is 17.3 Å². The van der Waals surface area contributed by atoms with E-state index in [2.05, 4.69) is 4.90 Å². The highest BCUT2D eigenvalue weighted by Crippen LogP contribution is 2.40. The molecule has 5 nitrogen and oxygen atoms in total. The number of ether oxygens (including phenoxy) is 1. The smallest absolute Gasteiger partial charge is 0.338 e. The third-order valence-corrected chi connectivity index (χ3v) is 4.93. The van der Waals surface area contributed by atoms with Gasteiger partial charge in [0.05, 0.1) is 18.2 Å². The second kappa shape index (κ2) is 4.87. The molecule has 2 atom stereocenters. The first-order valence-corrected chi connectivity index (χ1v) is 7.71. The van der Waals surface area contributed by atoms with Crippen molar-refractivity contribution in [3.63, 3.8) is 0 Å². The molecule has 1 aromatic carbocycles. The van der Waals surface area contributed by atoms with Crippen molar-refractivity contribution in [1.82, 2.24) is 4.98 Å². The van der Waals surface area contributed by atoms with Gasteiger partial charge in [0.15, 0.2) is 0 Å². The van der Waals surface area contributed by atoms with Crippen LogP contribution < -0.4 is 10.6 Å². The van der Waals surface area contributed by atoms with Crippen molar-refractivity contribution in [2.24, 2.45) is 5.92 Å². The standard InChI is InChI=1S/C17H19N3O2/c1-22-17(21)14-8-16(20-9-10-2-4-12(20)6-10)19-15-5-3-11(18)7-13(14)15/h3,5,7-8,10,12H,2,4,6,9,18H2,1H3. The molecule has 2 N–H and O–H groups in total. The zero-order valence-corrected chi connectivity index (χ0v) is 12.6. The first kappa shape index (κ1) is 13.4. The Morgan fingerprint density at radius 2 is 2.23 bits per heavy atom. The molecule has 22 heavy (non-hydrogen) atoms. The summed E-state index contributed by atoms with van der Waals surface area (Å²) < 4.78 is 4.94. The fraction of sp³-hybridized carbons (Fsp3) is 0.412. The van der Waals surface area contributed by atoms with Crippen LogP contribution in [0.2, 0.25) is 0 Å². The van der Waals surface area contributed by atoms with Crippen molar-refractivity contribution in [3.05, 3.63) is 29.8 Å². The van der Waals surface area contributed by atoms with E-state index in [-0.39, 0.29) is 5.97 Å². The quantitative estimate of drug-likeness (QED) is 0.681. The molecule has 1 aliphatic carbocycles. The van der Waals surface area contributed by atoms with Gasteiger partial charge in [-0.15, -0.1) is 0 Å². The molecule has 0 radical (unpaired) electrons. The maximum atomic E-state index is 12.2. The number of pyridine rings is 1. The van der Waals surface area contributed by atoms with Crippen molar-refractivity contribution in [3.8, 4) is 0 Å². The number of methoxy groups -OCH3 is 1. The van der Waals surface area contributed by atoms with E-state index in [9.17, 15) is 4.79 Å². The lowest BCUT2D eigenvalue weighted by Gasteiger charge is -2.28. The molecule has 1 saturated heterocycles. The first-order chi connectivity index (χ1) is 10.7. The number of nitrogen functional groups attached to an aromatic ring is 1. The molecule has 114 valence electrons. The number of piperidine rings is 1. The number of fused-ring (bicyclic) bond motifs is 3. The van der Waals surface area contributed by atoms with E-state index in [1.165, 1.54) is 26.4 Å². The first-order valence-electron chi connectivity index (χ1n) is 7.71. The van der Waals surface area contributed by atoms with E-state index < -0.39 is 0 Å². The summed E-state index contributed by atoms with van der Waals surface area (Å²) in [7, 11) is 1.40. The van der Waals surface area contributed by atoms with E-state index in [4.69, 9.17) is 15.5 Å². The minimum absolute atomic E-state index is 0.344. The highest BCUT2D eigenvalue weighted by atomic mass is 16.5. The van der Waals surface area contributed by atoms with Crippen LogP contribution in [-0.4, -0.2) is 30.6 Å². The van der Waals surface area contributed by atoms with Gasteiger partial charge in [0, 0.05) is 23.7 Å². The van der Waals surface area contributed by atoms with Gasteiger partial charge in [0.2, 0.25) is 0 Å². The van der Waals surface area contributed by atoms with E-state index in [1.807, 2.05) is 18.2 Å². The Hall–Kier alpha value is -2.30.